The van der Waals surface area contributed by atoms with Crippen molar-refractivity contribution in [2.75, 3.05) is 31.5 Å². The van der Waals surface area contributed by atoms with Crippen LogP contribution >= 0.6 is 0 Å². The lowest BCUT2D eigenvalue weighted by Gasteiger charge is -2.31. The molecule has 1 N–H and O–H groups in total. The van der Waals surface area contributed by atoms with E-state index in [1.807, 2.05) is 35.2 Å². The van der Waals surface area contributed by atoms with Crippen LogP contribution in [-0.4, -0.2) is 48.3 Å². The average molecular weight is 326 g/mol. The van der Waals surface area contributed by atoms with Gasteiger partial charge in [0.25, 0.3) is 5.91 Å². The molecule has 0 saturated carbocycles. The minimum atomic E-state index is -0.414. The first-order chi connectivity index (χ1) is 11.5. The Balaban J connectivity index is 2.09. The maximum atomic E-state index is 12.4. The van der Waals surface area contributed by atoms with Gasteiger partial charge >= 0.3 is 0 Å². The van der Waals surface area contributed by atoms with E-state index in [1.165, 1.54) is 0 Å². The molecule has 1 aliphatic rings. The lowest BCUT2D eigenvalue weighted by Crippen LogP contribution is -2.43. The minimum Gasteiger partial charge on any atom is -0.373 e. The summed E-state index contributed by atoms with van der Waals surface area (Å²) in [6.45, 7) is 6.52. The number of nitrogens with one attached hydrogen (secondary N) is 1. The van der Waals surface area contributed by atoms with Gasteiger partial charge in [0.1, 0.15) is 11.6 Å². The van der Waals surface area contributed by atoms with E-state index in [0.29, 0.717) is 26.2 Å². The highest BCUT2D eigenvalue weighted by atomic mass is 16.1. The van der Waals surface area contributed by atoms with E-state index in [2.05, 4.69) is 19.2 Å². The van der Waals surface area contributed by atoms with E-state index >= 15 is 0 Å². The van der Waals surface area contributed by atoms with Crippen molar-refractivity contribution in [1.82, 2.24) is 9.80 Å². The Hall–Kier alpha value is -2.81. The molecule has 0 radical (unpaired) electrons. The largest absolute Gasteiger partial charge is 0.373 e. The third-order valence-electron chi connectivity index (χ3n) is 4.01. The fourth-order valence-corrected chi connectivity index (χ4v) is 2.60. The molecule has 126 valence electrons. The summed E-state index contributed by atoms with van der Waals surface area (Å²) in [5.41, 5.74) is 1.82. The number of carbonyl (C=O) groups is 2. The van der Waals surface area contributed by atoms with E-state index in [-0.39, 0.29) is 11.5 Å². The van der Waals surface area contributed by atoms with Crippen LogP contribution in [0, 0.1) is 11.3 Å². The number of piperazine rings is 1. The van der Waals surface area contributed by atoms with Gasteiger partial charge in [-0.25, -0.2) is 0 Å². The second-order valence-electron chi connectivity index (χ2n) is 6.03. The third-order valence-corrected chi connectivity index (χ3v) is 4.01. The number of benzene rings is 1. The lowest BCUT2D eigenvalue weighted by atomic mass is 10.0. The van der Waals surface area contributed by atoms with E-state index in [0.717, 1.165) is 17.7 Å². The van der Waals surface area contributed by atoms with Crippen molar-refractivity contribution in [3.8, 4) is 6.07 Å². The van der Waals surface area contributed by atoms with Gasteiger partial charge in [0, 0.05) is 38.1 Å². The molecule has 6 heteroatoms. The maximum absolute atomic E-state index is 12.4. The van der Waals surface area contributed by atoms with Crippen LogP contribution in [-0.2, 0) is 9.59 Å². The molecule has 1 aliphatic heterocycles. The molecule has 2 amide bonds. The summed E-state index contributed by atoms with van der Waals surface area (Å²) in [7, 11) is 0. The summed E-state index contributed by atoms with van der Waals surface area (Å²) < 4.78 is 0. The van der Waals surface area contributed by atoms with Crippen LogP contribution in [0.25, 0.3) is 0 Å². The molecule has 1 heterocycles. The van der Waals surface area contributed by atoms with Crippen molar-refractivity contribution < 1.29 is 9.59 Å². The molecular weight excluding hydrogens is 304 g/mol. The summed E-state index contributed by atoms with van der Waals surface area (Å²) in [6.07, 6.45) is 2.40. The summed E-state index contributed by atoms with van der Waals surface area (Å²) in [5.74, 6) is -0.143. The van der Waals surface area contributed by atoms with Gasteiger partial charge in [0.15, 0.2) is 0 Å². The molecule has 1 aromatic rings. The second kappa shape index (κ2) is 8.16. The number of hydrogen-bond acceptors (Lipinski definition) is 4. The average Bonchev–Trinajstić information content (AvgIpc) is 2.60. The van der Waals surface area contributed by atoms with Crippen LogP contribution in [0.2, 0.25) is 0 Å². The molecule has 1 aromatic carbocycles. The summed E-state index contributed by atoms with van der Waals surface area (Å²) in [6, 6.07) is 9.56. The normalized spacial score (nSPS) is 15.2. The molecule has 0 bridgehead atoms. The van der Waals surface area contributed by atoms with Gasteiger partial charge < -0.3 is 15.1 Å². The van der Waals surface area contributed by atoms with Gasteiger partial charge in [-0.3, -0.25) is 9.59 Å². The first-order valence-electron chi connectivity index (χ1n) is 8.00. The van der Waals surface area contributed by atoms with Crippen molar-refractivity contribution >= 4 is 18.0 Å². The lowest BCUT2D eigenvalue weighted by molar-refractivity contribution is -0.119. The number of para-hydroxylation sites is 1. The number of nitrogens with zero attached hydrogens (tertiary/aromatic N) is 3. The van der Waals surface area contributed by atoms with Gasteiger partial charge in [-0.2, -0.15) is 5.26 Å². The highest BCUT2D eigenvalue weighted by Gasteiger charge is 2.17. The molecular formula is C18H22N4O2. The highest BCUT2D eigenvalue weighted by Crippen LogP contribution is 2.24. The zero-order valence-corrected chi connectivity index (χ0v) is 14.0. The number of anilines is 1. The number of hydrogen-bond donors (Lipinski definition) is 1. The van der Waals surface area contributed by atoms with Crippen LogP contribution < -0.4 is 5.32 Å². The van der Waals surface area contributed by atoms with Crippen molar-refractivity contribution in [2.24, 2.45) is 0 Å². The highest BCUT2D eigenvalue weighted by molar-refractivity contribution is 6.06. The molecule has 0 aromatic heterocycles. The Morgan fingerprint density at radius 3 is 2.42 bits per heavy atom. The van der Waals surface area contributed by atoms with Crippen molar-refractivity contribution in [3.63, 3.8) is 0 Å². The zero-order valence-electron chi connectivity index (χ0n) is 14.0. The molecule has 6 nitrogen and oxygen atoms in total. The molecule has 0 aliphatic carbocycles. The molecule has 0 atom stereocenters. The fourth-order valence-electron chi connectivity index (χ4n) is 2.60. The van der Waals surface area contributed by atoms with E-state index in [4.69, 9.17) is 0 Å². The predicted octanol–water partition coefficient (Wildman–Crippen LogP) is 1.93. The van der Waals surface area contributed by atoms with Crippen molar-refractivity contribution in [3.05, 3.63) is 41.6 Å². The first kappa shape index (κ1) is 17.5. The first-order valence-corrected chi connectivity index (χ1v) is 8.00. The molecule has 1 saturated heterocycles. The van der Waals surface area contributed by atoms with Gasteiger partial charge in [-0.1, -0.05) is 32.0 Å². The summed E-state index contributed by atoms with van der Waals surface area (Å²) >= 11 is 0. The maximum Gasteiger partial charge on any atom is 0.267 e. The molecule has 2 rings (SSSR count). The van der Waals surface area contributed by atoms with Crippen molar-refractivity contribution in [1.29, 1.82) is 5.26 Å². The Morgan fingerprint density at radius 1 is 1.21 bits per heavy atom. The minimum absolute atomic E-state index is 0.0631. The number of rotatable bonds is 5. The Bertz CT molecular complexity index is 668. The number of amides is 2. The Morgan fingerprint density at radius 2 is 1.83 bits per heavy atom. The predicted molar refractivity (Wildman–Crippen MR) is 92.1 cm³/mol. The third kappa shape index (κ3) is 4.35. The smallest absolute Gasteiger partial charge is 0.267 e. The van der Waals surface area contributed by atoms with Crippen LogP contribution in [0.5, 0.6) is 0 Å². The van der Waals surface area contributed by atoms with E-state index in [9.17, 15) is 14.9 Å². The van der Waals surface area contributed by atoms with Crippen LogP contribution in [0.4, 0.5) is 5.69 Å². The molecule has 0 spiro atoms. The monoisotopic (exact) mass is 326 g/mol. The quantitative estimate of drug-likeness (QED) is 0.509. The van der Waals surface area contributed by atoms with Gasteiger partial charge in [0.05, 0.1) is 0 Å². The molecule has 24 heavy (non-hydrogen) atoms. The summed E-state index contributed by atoms with van der Waals surface area (Å²) in [5, 5.41) is 12.1. The number of carbonyl (C=O) groups excluding carboxylic acids is 2. The van der Waals surface area contributed by atoms with Crippen LogP contribution in [0.1, 0.15) is 25.3 Å². The van der Waals surface area contributed by atoms with Crippen LogP contribution in [0.15, 0.2) is 36.0 Å². The van der Waals surface area contributed by atoms with Gasteiger partial charge in [0.2, 0.25) is 6.41 Å². The molecule has 0 unspecified atom stereocenters. The second-order valence-corrected chi connectivity index (χ2v) is 6.03. The van der Waals surface area contributed by atoms with Gasteiger partial charge in [-0.05, 0) is 17.5 Å². The van der Waals surface area contributed by atoms with E-state index in [1.54, 1.807) is 11.1 Å². The van der Waals surface area contributed by atoms with E-state index < -0.39 is 5.91 Å². The topological polar surface area (TPSA) is 76.4 Å². The summed E-state index contributed by atoms with van der Waals surface area (Å²) in [4.78, 5) is 26.7. The van der Waals surface area contributed by atoms with Crippen LogP contribution in [0.3, 0.4) is 0 Å². The fraction of sp³-hybridized carbons (Fsp3) is 0.389. The Kier molecular flexibility index (Phi) is 5.96. The standard InChI is InChI=1S/C18H22N4O2/c1-14(2)16-5-3-4-6-17(16)20-18(24)15(11-19)12-21-7-9-22(13-23)10-8-21/h3-6,12-14H,7-10H2,1-2H3,(H,20,24)/b15-12-. The Labute approximate surface area is 142 Å². The zero-order chi connectivity index (χ0) is 17.5. The SMILES string of the molecule is CC(C)c1ccccc1NC(=O)/C(C#N)=C\N1CCN(C=O)CC1. The molecule has 1 fully saturated rings. The number of nitriles is 1. The van der Waals surface area contributed by atoms with Crippen molar-refractivity contribution in [2.45, 2.75) is 19.8 Å². The van der Waals surface area contributed by atoms with Gasteiger partial charge in [-0.15, -0.1) is 0 Å².